The zero-order chi connectivity index (χ0) is 12.1. The topological polar surface area (TPSA) is 37.3 Å². The lowest BCUT2D eigenvalue weighted by atomic mass is 9.94. The summed E-state index contributed by atoms with van der Waals surface area (Å²) in [6.45, 7) is 0. The molecular weight excluding hydrogens is 212 g/mol. The Balaban J connectivity index is 2.03. The van der Waals surface area contributed by atoms with Crippen LogP contribution in [0.1, 0.15) is 31.2 Å². The predicted octanol–water partition coefficient (Wildman–Crippen LogP) is 3.66. The van der Waals surface area contributed by atoms with Gasteiger partial charge in [-0.1, -0.05) is 42.5 Å². The van der Waals surface area contributed by atoms with Crippen LogP contribution in [0.4, 0.5) is 0 Å². The van der Waals surface area contributed by atoms with Gasteiger partial charge in [-0.2, -0.15) is 0 Å². The summed E-state index contributed by atoms with van der Waals surface area (Å²) in [6, 6.07) is 9.93. The van der Waals surface area contributed by atoms with Crippen LogP contribution in [0, 0.1) is 0 Å². The van der Waals surface area contributed by atoms with Crippen molar-refractivity contribution in [3.8, 4) is 0 Å². The highest BCUT2D eigenvalue weighted by molar-refractivity contribution is 5.96. The van der Waals surface area contributed by atoms with E-state index in [1.807, 2.05) is 42.5 Å². The van der Waals surface area contributed by atoms with Gasteiger partial charge in [0.1, 0.15) is 0 Å². The van der Waals surface area contributed by atoms with Crippen LogP contribution in [0.25, 0.3) is 6.08 Å². The van der Waals surface area contributed by atoms with Crippen LogP contribution in [0.3, 0.4) is 0 Å². The lowest BCUT2D eigenvalue weighted by Gasteiger charge is -2.13. The van der Waals surface area contributed by atoms with E-state index < -0.39 is 0 Å². The smallest absolute Gasteiger partial charge is 0.162 e. The first kappa shape index (κ1) is 11.6. The van der Waals surface area contributed by atoms with Gasteiger partial charge in [0, 0.05) is 18.4 Å². The Hall–Kier alpha value is -1.83. The van der Waals surface area contributed by atoms with Gasteiger partial charge in [-0.05, 0) is 18.4 Å². The molecule has 0 aromatic heterocycles. The molecule has 1 N–H and O–H groups in total. The molecule has 88 valence electrons. The number of aliphatic hydroxyl groups excluding tert-OH is 1. The standard InChI is InChI=1S/C15H16O2/c16-14-10-5-11-15(17)13(14)9-4-8-12-6-2-1-3-7-12/h1-4,6-8,16H,5,9-11H2/b8-4+. The van der Waals surface area contributed by atoms with Crippen molar-refractivity contribution in [3.05, 3.63) is 53.3 Å². The third-order valence-electron chi connectivity index (χ3n) is 2.93. The second-order valence-electron chi connectivity index (χ2n) is 4.22. The Morgan fingerprint density at radius 2 is 1.94 bits per heavy atom. The zero-order valence-corrected chi connectivity index (χ0v) is 9.73. The average molecular weight is 228 g/mol. The van der Waals surface area contributed by atoms with E-state index in [1.165, 1.54) is 0 Å². The van der Waals surface area contributed by atoms with Gasteiger partial charge >= 0.3 is 0 Å². The second-order valence-corrected chi connectivity index (χ2v) is 4.22. The summed E-state index contributed by atoms with van der Waals surface area (Å²) in [7, 11) is 0. The Morgan fingerprint density at radius 1 is 1.18 bits per heavy atom. The highest BCUT2D eigenvalue weighted by Crippen LogP contribution is 2.22. The Kier molecular flexibility index (Phi) is 3.76. The number of carbonyl (C=O) groups excluding carboxylic acids is 1. The molecule has 1 aromatic carbocycles. The fraction of sp³-hybridized carbons (Fsp3) is 0.267. The molecule has 0 unspecified atom stereocenters. The minimum absolute atomic E-state index is 0.0893. The van der Waals surface area contributed by atoms with Crippen LogP contribution < -0.4 is 0 Å². The molecule has 0 radical (unpaired) electrons. The monoisotopic (exact) mass is 228 g/mol. The van der Waals surface area contributed by atoms with Crippen molar-refractivity contribution in [1.29, 1.82) is 0 Å². The number of hydrogen-bond donors (Lipinski definition) is 1. The Bertz CT molecular complexity index is 455. The molecule has 0 saturated carbocycles. The van der Waals surface area contributed by atoms with Crippen molar-refractivity contribution in [2.45, 2.75) is 25.7 Å². The van der Waals surface area contributed by atoms with Gasteiger partial charge in [0.25, 0.3) is 0 Å². The van der Waals surface area contributed by atoms with Gasteiger partial charge in [-0.15, -0.1) is 0 Å². The third-order valence-corrected chi connectivity index (χ3v) is 2.93. The van der Waals surface area contributed by atoms with Crippen LogP contribution in [0.2, 0.25) is 0 Å². The molecule has 1 aliphatic carbocycles. The molecule has 0 spiro atoms. The number of rotatable bonds is 3. The van der Waals surface area contributed by atoms with Gasteiger partial charge in [-0.3, -0.25) is 4.79 Å². The highest BCUT2D eigenvalue weighted by Gasteiger charge is 2.18. The number of benzene rings is 1. The maximum atomic E-state index is 11.6. The zero-order valence-electron chi connectivity index (χ0n) is 9.73. The van der Waals surface area contributed by atoms with Crippen LogP contribution >= 0.6 is 0 Å². The lowest BCUT2D eigenvalue weighted by Crippen LogP contribution is -2.10. The first-order valence-electron chi connectivity index (χ1n) is 5.93. The van der Waals surface area contributed by atoms with Gasteiger partial charge in [0.05, 0.1) is 5.76 Å². The first-order valence-corrected chi connectivity index (χ1v) is 5.93. The fourth-order valence-electron chi connectivity index (χ4n) is 1.99. The van der Waals surface area contributed by atoms with Crippen molar-refractivity contribution in [1.82, 2.24) is 0 Å². The summed E-state index contributed by atoms with van der Waals surface area (Å²) >= 11 is 0. The van der Waals surface area contributed by atoms with E-state index in [4.69, 9.17) is 0 Å². The van der Waals surface area contributed by atoms with Crippen molar-refractivity contribution in [2.24, 2.45) is 0 Å². The van der Waals surface area contributed by atoms with Crippen molar-refractivity contribution < 1.29 is 9.90 Å². The van der Waals surface area contributed by atoms with E-state index in [0.717, 1.165) is 12.0 Å². The maximum Gasteiger partial charge on any atom is 0.162 e. The summed E-state index contributed by atoms with van der Waals surface area (Å²) in [4.78, 5) is 11.6. The molecule has 2 nitrogen and oxygen atoms in total. The van der Waals surface area contributed by atoms with Crippen molar-refractivity contribution in [3.63, 3.8) is 0 Å². The van der Waals surface area contributed by atoms with Crippen molar-refractivity contribution >= 4 is 11.9 Å². The average Bonchev–Trinajstić information content (AvgIpc) is 2.34. The molecular formula is C15H16O2. The summed E-state index contributed by atoms with van der Waals surface area (Å²) < 4.78 is 0. The molecule has 0 saturated heterocycles. The number of Topliss-reactive ketones (excluding diaryl/α,β-unsaturated/α-hetero) is 1. The van der Waals surface area contributed by atoms with E-state index in [9.17, 15) is 9.90 Å². The summed E-state index contributed by atoms with van der Waals surface area (Å²) in [5.74, 6) is 0.366. The quantitative estimate of drug-likeness (QED) is 0.857. The van der Waals surface area contributed by atoms with Gasteiger partial charge < -0.3 is 5.11 Å². The normalized spacial score (nSPS) is 16.8. The Labute approximate surface area is 101 Å². The fourth-order valence-corrected chi connectivity index (χ4v) is 1.99. The van der Waals surface area contributed by atoms with Gasteiger partial charge in [-0.25, -0.2) is 0 Å². The lowest BCUT2D eigenvalue weighted by molar-refractivity contribution is -0.116. The largest absolute Gasteiger partial charge is 0.512 e. The number of aliphatic hydroxyl groups is 1. The van der Waals surface area contributed by atoms with E-state index >= 15 is 0 Å². The molecule has 2 rings (SSSR count). The molecule has 0 amide bonds. The summed E-state index contributed by atoms with van der Waals surface area (Å²) in [5, 5.41) is 9.66. The van der Waals surface area contributed by atoms with E-state index in [-0.39, 0.29) is 11.5 Å². The predicted molar refractivity (Wildman–Crippen MR) is 68.6 cm³/mol. The van der Waals surface area contributed by atoms with E-state index in [0.29, 0.717) is 24.8 Å². The van der Waals surface area contributed by atoms with Crippen molar-refractivity contribution in [2.75, 3.05) is 0 Å². The molecule has 1 aliphatic rings. The molecule has 0 bridgehead atoms. The third kappa shape index (κ3) is 3.06. The highest BCUT2D eigenvalue weighted by atomic mass is 16.3. The molecule has 17 heavy (non-hydrogen) atoms. The molecule has 0 fully saturated rings. The van der Waals surface area contributed by atoms with Gasteiger partial charge in [0.15, 0.2) is 5.78 Å². The van der Waals surface area contributed by atoms with Crippen LogP contribution in [0.5, 0.6) is 0 Å². The number of carbonyl (C=O) groups is 1. The van der Waals surface area contributed by atoms with Crippen LogP contribution in [0.15, 0.2) is 47.7 Å². The minimum Gasteiger partial charge on any atom is -0.512 e. The molecule has 0 atom stereocenters. The van der Waals surface area contributed by atoms with Crippen LogP contribution in [-0.2, 0) is 4.79 Å². The first-order chi connectivity index (χ1) is 8.27. The molecule has 1 aromatic rings. The SMILES string of the molecule is O=C1CCCC(O)=C1C/C=C/c1ccccc1. The summed E-state index contributed by atoms with van der Waals surface area (Å²) in [6.07, 6.45) is 6.42. The number of hydrogen-bond acceptors (Lipinski definition) is 2. The number of ketones is 1. The minimum atomic E-state index is 0.0893. The molecule has 0 aliphatic heterocycles. The van der Waals surface area contributed by atoms with Crippen LogP contribution in [-0.4, -0.2) is 10.9 Å². The Morgan fingerprint density at radius 3 is 2.65 bits per heavy atom. The van der Waals surface area contributed by atoms with E-state index in [1.54, 1.807) is 0 Å². The molecule has 2 heteroatoms. The molecule has 0 heterocycles. The maximum absolute atomic E-state index is 11.6. The number of allylic oxidation sites excluding steroid dienone is 3. The van der Waals surface area contributed by atoms with Gasteiger partial charge in [0.2, 0.25) is 0 Å². The summed E-state index contributed by atoms with van der Waals surface area (Å²) in [5.41, 5.74) is 1.69. The van der Waals surface area contributed by atoms with E-state index in [2.05, 4.69) is 0 Å². The second kappa shape index (κ2) is 5.48.